The zero-order chi connectivity index (χ0) is 13.4. The average Bonchev–Trinajstić information content (AvgIpc) is 2.75. The van der Waals surface area contributed by atoms with E-state index in [2.05, 4.69) is 45.1 Å². The largest absolute Gasteiger partial charge is 0.384 e. The van der Waals surface area contributed by atoms with E-state index in [1.807, 2.05) is 0 Å². The van der Waals surface area contributed by atoms with Gasteiger partial charge in [-0.15, -0.1) is 0 Å². The summed E-state index contributed by atoms with van der Waals surface area (Å²) in [5.74, 6) is 0.625. The monoisotopic (exact) mass is 242 g/mol. The second kappa shape index (κ2) is 4.97. The topological polar surface area (TPSA) is 15.3 Å². The normalized spacial score (nSPS) is 18.0. The van der Waals surface area contributed by atoms with Gasteiger partial charge in [0.15, 0.2) is 0 Å². The third-order valence-corrected chi connectivity index (χ3v) is 4.28. The van der Waals surface area contributed by atoms with Gasteiger partial charge in [0, 0.05) is 18.2 Å². The van der Waals surface area contributed by atoms with E-state index >= 15 is 0 Å². The molecule has 1 heterocycles. The van der Waals surface area contributed by atoms with Crippen LogP contribution >= 0.6 is 0 Å². The van der Waals surface area contributed by atoms with E-state index in [1.54, 1.807) is 0 Å². The highest BCUT2D eigenvalue weighted by molar-refractivity contribution is 6.35. The molecule has 1 aliphatic heterocycles. The van der Waals surface area contributed by atoms with Crippen LogP contribution in [0.25, 0.3) is 0 Å². The number of hydrogen-bond donors (Lipinski definition) is 1. The Morgan fingerprint density at radius 3 is 2.44 bits per heavy atom. The first-order valence-corrected chi connectivity index (χ1v) is 6.71. The van der Waals surface area contributed by atoms with E-state index in [0.29, 0.717) is 5.92 Å². The van der Waals surface area contributed by atoms with Crippen LogP contribution in [0.15, 0.2) is 0 Å². The highest BCUT2D eigenvalue weighted by atomic mass is 15.0. The van der Waals surface area contributed by atoms with Gasteiger partial charge in [0.05, 0.1) is 0 Å². The fourth-order valence-corrected chi connectivity index (χ4v) is 2.94. The quantitative estimate of drug-likeness (QED) is 0.814. The van der Waals surface area contributed by atoms with Gasteiger partial charge < -0.3 is 10.2 Å². The number of nitrogens with one attached hydrogen (secondary N) is 1. The molecule has 18 heavy (non-hydrogen) atoms. The Labute approximate surface area is 112 Å². The van der Waals surface area contributed by atoms with Gasteiger partial charge in [0.1, 0.15) is 7.85 Å². The van der Waals surface area contributed by atoms with Gasteiger partial charge in [-0.1, -0.05) is 11.0 Å². The molecule has 0 fully saturated rings. The third kappa shape index (κ3) is 2.16. The number of hydrogen-bond acceptors (Lipinski definition) is 2. The van der Waals surface area contributed by atoms with Crippen LogP contribution in [0.1, 0.15) is 34.6 Å². The molecule has 0 saturated carbocycles. The van der Waals surface area contributed by atoms with E-state index in [9.17, 15) is 0 Å². The Morgan fingerprint density at radius 1 is 1.17 bits per heavy atom. The van der Waals surface area contributed by atoms with Gasteiger partial charge in [-0.05, 0) is 64.5 Å². The van der Waals surface area contributed by atoms with Crippen LogP contribution in [-0.4, -0.2) is 39.9 Å². The molecule has 0 bridgehead atoms. The van der Waals surface area contributed by atoms with Crippen LogP contribution in [-0.2, 0) is 0 Å². The molecule has 3 heteroatoms. The second-order valence-electron chi connectivity index (χ2n) is 5.75. The maximum atomic E-state index is 6.18. The molecule has 0 aromatic heterocycles. The summed E-state index contributed by atoms with van der Waals surface area (Å²) >= 11 is 0. The Kier molecular flexibility index (Phi) is 3.72. The Balaban J connectivity index is 2.38. The third-order valence-electron chi connectivity index (χ3n) is 4.28. The fourth-order valence-electron chi connectivity index (χ4n) is 2.94. The van der Waals surface area contributed by atoms with Crippen molar-refractivity contribution in [3.63, 3.8) is 0 Å². The van der Waals surface area contributed by atoms with E-state index in [4.69, 9.17) is 7.85 Å². The lowest BCUT2D eigenvalue weighted by atomic mass is 9.79. The number of nitrogens with zero attached hydrogens (tertiary/aromatic N) is 1. The van der Waals surface area contributed by atoms with Crippen molar-refractivity contribution >= 4 is 19.0 Å². The lowest BCUT2D eigenvalue weighted by Gasteiger charge is -2.20. The molecule has 2 rings (SSSR count). The fraction of sp³-hybridized carbons (Fsp3) is 0.600. The molecule has 0 spiro atoms. The van der Waals surface area contributed by atoms with Crippen LogP contribution in [0, 0.1) is 20.8 Å². The minimum absolute atomic E-state index is 0.625. The Morgan fingerprint density at radius 2 is 1.83 bits per heavy atom. The van der Waals surface area contributed by atoms with Gasteiger partial charge in [-0.2, -0.15) is 0 Å². The van der Waals surface area contributed by atoms with Crippen LogP contribution < -0.4 is 10.8 Å². The van der Waals surface area contributed by atoms with Crippen LogP contribution in [0.4, 0.5) is 5.69 Å². The number of fused-ring (bicyclic) bond motifs is 1. The Bertz CT molecular complexity index is 466. The van der Waals surface area contributed by atoms with Gasteiger partial charge in [0.25, 0.3) is 0 Å². The van der Waals surface area contributed by atoms with Gasteiger partial charge in [-0.25, -0.2) is 0 Å². The molecule has 0 amide bonds. The van der Waals surface area contributed by atoms with Crippen LogP contribution in [0.3, 0.4) is 0 Å². The molecule has 96 valence electrons. The molecule has 1 N–H and O–H groups in total. The number of anilines is 1. The van der Waals surface area contributed by atoms with Crippen LogP contribution in [0.2, 0.25) is 0 Å². The molecule has 2 radical (unpaired) electrons. The standard InChI is InChI=1S/C15H23BN2/c1-9-10(2)14(16)11(3)15-13(9)12(8-17-15)6-7-18(4)5/h12,17H,6-8H2,1-5H3. The molecule has 2 nitrogen and oxygen atoms in total. The lowest BCUT2D eigenvalue weighted by molar-refractivity contribution is 0.385. The summed E-state index contributed by atoms with van der Waals surface area (Å²) < 4.78 is 0. The van der Waals surface area contributed by atoms with Crippen molar-refractivity contribution in [3.8, 4) is 0 Å². The van der Waals surface area contributed by atoms with Gasteiger partial charge in [0.2, 0.25) is 0 Å². The highest BCUT2D eigenvalue weighted by Crippen LogP contribution is 2.38. The lowest BCUT2D eigenvalue weighted by Crippen LogP contribution is -2.18. The van der Waals surface area contributed by atoms with Crippen molar-refractivity contribution in [3.05, 3.63) is 22.3 Å². The van der Waals surface area contributed by atoms with E-state index in [0.717, 1.165) is 18.6 Å². The SMILES string of the molecule is [B]c1c(C)c(C)c2c(c1C)NCC2CCN(C)C. The van der Waals surface area contributed by atoms with Gasteiger partial charge >= 0.3 is 0 Å². The van der Waals surface area contributed by atoms with Crippen molar-refractivity contribution in [2.45, 2.75) is 33.1 Å². The number of benzene rings is 1. The zero-order valence-corrected chi connectivity index (χ0v) is 12.2. The highest BCUT2D eigenvalue weighted by Gasteiger charge is 2.27. The van der Waals surface area contributed by atoms with Crippen molar-refractivity contribution in [1.82, 2.24) is 4.90 Å². The zero-order valence-electron chi connectivity index (χ0n) is 12.2. The predicted molar refractivity (Wildman–Crippen MR) is 80.4 cm³/mol. The maximum absolute atomic E-state index is 6.18. The maximum Gasteiger partial charge on any atom is 0.114 e. The van der Waals surface area contributed by atoms with Crippen molar-refractivity contribution < 1.29 is 0 Å². The minimum atomic E-state index is 0.625. The second-order valence-corrected chi connectivity index (χ2v) is 5.75. The van der Waals surface area contributed by atoms with Crippen molar-refractivity contribution in [2.24, 2.45) is 0 Å². The molecule has 1 aromatic rings. The summed E-state index contributed by atoms with van der Waals surface area (Å²) in [7, 11) is 10.4. The number of rotatable bonds is 3. The van der Waals surface area contributed by atoms with Crippen molar-refractivity contribution in [1.29, 1.82) is 0 Å². The summed E-state index contributed by atoms with van der Waals surface area (Å²) in [4.78, 5) is 2.25. The van der Waals surface area contributed by atoms with Gasteiger partial charge in [-0.3, -0.25) is 0 Å². The predicted octanol–water partition coefficient (Wildman–Crippen LogP) is 1.87. The summed E-state index contributed by atoms with van der Waals surface area (Å²) in [6.45, 7) is 8.66. The molecule has 1 aromatic carbocycles. The van der Waals surface area contributed by atoms with Crippen molar-refractivity contribution in [2.75, 3.05) is 32.5 Å². The summed E-state index contributed by atoms with van der Waals surface area (Å²) in [5, 5.41) is 3.55. The first kappa shape index (κ1) is 13.5. The molecule has 1 aliphatic rings. The molecular formula is C15H23BN2. The van der Waals surface area contributed by atoms with E-state index < -0.39 is 0 Å². The Hall–Kier alpha value is -0.955. The minimum Gasteiger partial charge on any atom is -0.384 e. The molecule has 0 saturated heterocycles. The van der Waals surface area contributed by atoms with E-state index in [-0.39, 0.29) is 0 Å². The van der Waals surface area contributed by atoms with Crippen LogP contribution in [0.5, 0.6) is 0 Å². The first-order valence-electron chi connectivity index (χ1n) is 6.71. The van der Waals surface area contributed by atoms with E-state index in [1.165, 1.54) is 34.4 Å². The molecule has 1 atom stereocenters. The summed E-state index contributed by atoms with van der Waals surface area (Å²) in [5.41, 5.74) is 7.60. The summed E-state index contributed by atoms with van der Waals surface area (Å²) in [6.07, 6.45) is 1.20. The first-order chi connectivity index (χ1) is 8.43. The molecule has 1 unspecified atom stereocenters. The molecular weight excluding hydrogens is 219 g/mol. The smallest absolute Gasteiger partial charge is 0.114 e. The molecule has 0 aliphatic carbocycles. The summed E-state index contributed by atoms with van der Waals surface area (Å²) in [6, 6.07) is 0. The average molecular weight is 242 g/mol.